The first-order valence-electron chi connectivity index (χ1n) is 9.36. The molecule has 0 aromatic heterocycles. The van der Waals surface area contributed by atoms with Crippen molar-refractivity contribution in [3.63, 3.8) is 0 Å². The maximum atomic E-state index is 12.9. The lowest BCUT2D eigenvalue weighted by atomic mass is 10.1. The van der Waals surface area contributed by atoms with Gasteiger partial charge in [0, 0.05) is 42.0 Å². The summed E-state index contributed by atoms with van der Waals surface area (Å²) < 4.78 is 5.67. The molecule has 0 saturated carbocycles. The molecule has 2 N–H and O–H groups in total. The van der Waals surface area contributed by atoms with Crippen LogP contribution in [0.2, 0.25) is 0 Å². The first kappa shape index (κ1) is 19.0. The van der Waals surface area contributed by atoms with Crippen LogP contribution in [0.5, 0.6) is 0 Å². The summed E-state index contributed by atoms with van der Waals surface area (Å²) in [6.07, 6.45) is 1.31. The number of carbonyl (C=O) groups excluding carboxylic acids is 2. The lowest BCUT2D eigenvalue weighted by Gasteiger charge is -2.28. The summed E-state index contributed by atoms with van der Waals surface area (Å²) in [7, 11) is 0. The molecular weight excluding hydrogens is 376 g/mol. The minimum atomic E-state index is -0.524. The molecule has 2 aliphatic rings. The second-order valence-corrected chi connectivity index (χ2v) is 6.98. The number of hydrogen-bond acceptors (Lipinski definition) is 6. The lowest BCUT2D eigenvalue weighted by molar-refractivity contribution is -0.384. The third-order valence-electron chi connectivity index (χ3n) is 5.15. The minimum absolute atomic E-state index is 0.0251. The van der Waals surface area contributed by atoms with Gasteiger partial charge in [-0.3, -0.25) is 25.1 Å². The number of amides is 2. The average molecular weight is 396 g/mol. The van der Waals surface area contributed by atoms with Crippen molar-refractivity contribution in [2.45, 2.75) is 25.1 Å². The second-order valence-electron chi connectivity index (χ2n) is 6.98. The van der Waals surface area contributed by atoms with Crippen LogP contribution in [0, 0.1) is 10.1 Å². The van der Waals surface area contributed by atoms with Crippen molar-refractivity contribution in [1.29, 1.82) is 0 Å². The molecule has 2 amide bonds. The lowest BCUT2D eigenvalue weighted by Crippen LogP contribution is -2.47. The number of nitrogens with one attached hydrogen (secondary N) is 2. The Morgan fingerprint density at radius 2 is 1.97 bits per heavy atom. The molecule has 2 aliphatic heterocycles. The molecule has 2 heterocycles. The number of fused-ring (bicyclic) bond motifs is 1. The molecule has 4 rings (SSSR count). The van der Waals surface area contributed by atoms with E-state index < -0.39 is 17.0 Å². The van der Waals surface area contributed by atoms with Gasteiger partial charge in [-0.05, 0) is 31.0 Å². The first-order valence-corrected chi connectivity index (χ1v) is 9.36. The predicted octanol–water partition coefficient (Wildman–Crippen LogP) is 2.16. The van der Waals surface area contributed by atoms with Gasteiger partial charge in [-0.2, -0.15) is 0 Å². The van der Waals surface area contributed by atoms with Gasteiger partial charge in [0.15, 0.2) is 0 Å². The zero-order valence-electron chi connectivity index (χ0n) is 15.5. The van der Waals surface area contributed by atoms with E-state index in [0.29, 0.717) is 18.7 Å². The topological polar surface area (TPSA) is 114 Å². The number of non-ortho nitro benzene ring substituents is 1. The molecule has 150 valence electrons. The highest BCUT2D eigenvalue weighted by atomic mass is 16.6. The minimum Gasteiger partial charge on any atom is -0.376 e. The van der Waals surface area contributed by atoms with E-state index in [0.717, 1.165) is 18.4 Å². The Kier molecular flexibility index (Phi) is 5.24. The van der Waals surface area contributed by atoms with Crippen molar-refractivity contribution in [1.82, 2.24) is 15.8 Å². The number of rotatable bonds is 6. The van der Waals surface area contributed by atoms with Crippen LogP contribution in [0.4, 0.5) is 5.69 Å². The number of nitro groups is 1. The Hall–Kier alpha value is -3.30. The number of nitro benzene ring substituents is 1. The van der Waals surface area contributed by atoms with E-state index in [-0.39, 0.29) is 23.3 Å². The molecule has 1 fully saturated rings. The molecular formula is C20H20N4O5. The molecule has 0 bridgehead atoms. The van der Waals surface area contributed by atoms with Gasteiger partial charge < -0.3 is 9.64 Å². The Bertz CT molecular complexity index is 940. The van der Waals surface area contributed by atoms with Gasteiger partial charge in [0.05, 0.1) is 11.0 Å². The monoisotopic (exact) mass is 396 g/mol. The highest BCUT2D eigenvalue weighted by Gasteiger charge is 2.38. The average Bonchev–Trinajstić information content (AvgIpc) is 3.34. The standard InChI is InChI=1S/C20H20N4O5/c25-19(13-7-9-14(10-8-13)24(27)28)22-21-18-16-5-1-2-6-17(16)20(26)23(18)12-15-4-3-11-29-15/h1-2,5-10,15,18,21H,3-4,11-12H2,(H,22,25)/t15-,18+/m0/s1. The summed E-state index contributed by atoms with van der Waals surface area (Å²) >= 11 is 0. The van der Waals surface area contributed by atoms with Gasteiger partial charge in [0.1, 0.15) is 6.17 Å². The van der Waals surface area contributed by atoms with E-state index in [2.05, 4.69) is 10.9 Å². The molecule has 29 heavy (non-hydrogen) atoms. The summed E-state index contributed by atoms with van der Waals surface area (Å²) in [6, 6.07) is 12.6. The van der Waals surface area contributed by atoms with E-state index in [9.17, 15) is 19.7 Å². The van der Waals surface area contributed by atoms with Gasteiger partial charge in [0.25, 0.3) is 17.5 Å². The SMILES string of the molecule is O=C(NN[C@H]1c2ccccc2C(=O)N1C[C@@H]1CCCO1)c1ccc([N+](=O)[O-])cc1. The van der Waals surface area contributed by atoms with E-state index >= 15 is 0 Å². The van der Waals surface area contributed by atoms with Gasteiger partial charge in [-0.25, -0.2) is 5.43 Å². The van der Waals surface area contributed by atoms with Crippen molar-refractivity contribution in [3.8, 4) is 0 Å². The summed E-state index contributed by atoms with van der Waals surface area (Å²) in [5.41, 5.74) is 7.10. The van der Waals surface area contributed by atoms with Crippen molar-refractivity contribution < 1.29 is 19.2 Å². The van der Waals surface area contributed by atoms with Crippen LogP contribution < -0.4 is 10.9 Å². The Labute approximate surface area is 166 Å². The summed E-state index contributed by atoms with van der Waals surface area (Å²) in [6.45, 7) is 1.12. The van der Waals surface area contributed by atoms with E-state index in [1.807, 2.05) is 12.1 Å². The molecule has 0 aliphatic carbocycles. The van der Waals surface area contributed by atoms with Gasteiger partial charge in [0.2, 0.25) is 0 Å². The predicted molar refractivity (Wildman–Crippen MR) is 103 cm³/mol. The highest BCUT2D eigenvalue weighted by molar-refractivity contribution is 5.99. The van der Waals surface area contributed by atoms with Crippen molar-refractivity contribution in [3.05, 3.63) is 75.3 Å². The molecule has 0 unspecified atom stereocenters. The molecule has 9 nitrogen and oxygen atoms in total. The fourth-order valence-electron chi connectivity index (χ4n) is 3.66. The zero-order valence-corrected chi connectivity index (χ0v) is 15.5. The van der Waals surface area contributed by atoms with Gasteiger partial charge >= 0.3 is 0 Å². The number of ether oxygens (including phenoxy) is 1. The normalized spacial score (nSPS) is 20.6. The van der Waals surface area contributed by atoms with Gasteiger partial charge in [-0.15, -0.1) is 0 Å². The Morgan fingerprint density at radius 3 is 2.66 bits per heavy atom. The molecule has 0 spiro atoms. The maximum absolute atomic E-state index is 12.9. The molecule has 2 aromatic carbocycles. The fourth-order valence-corrected chi connectivity index (χ4v) is 3.66. The smallest absolute Gasteiger partial charge is 0.269 e. The highest BCUT2D eigenvalue weighted by Crippen LogP contribution is 2.32. The molecule has 9 heteroatoms. The van der Waals surface area contributed by atoms with Crippen molar-refractivity contribution in [2.75, 3.05) is 13.2 Å². The van der Waals surface area contributed by atoms with Gasteiger partial charge in [-0.1, -0.05) is 18.2 Å². The van der Waals surface area contributed by atoms with Crippen LogP contribution >= 0.6 is 0 Å². The largest absolute Gasteiger partial charge is 0.376 e. The quantitative estimate of drug-likeness (QED) is 0.571. The van der Waals surface area contributed by atoms with Crippen molar-refractivity contribution in [2.24, 2.45) is 0 Å². The third-order valence-corrected chi connectivity index (χ3v) is 5.15. The summed E-state index contributed by atoms with van der Waals surface area (Å²) in [4.78, 5) is 37.2. The maximum Gasteiger partial charge on any atom is 0.269 e. The second kappa shape index (κ2) is 7.98. The van der Waals surface area contributed by atoms with Crippen LogP contribution in [0.3, 0.4) is 0 Å². The first-order chi connectivity index (χ1) is 14.0. The number of benzene rings is 2. The molecule has 0 radical (unpaired) electrons. The van der Waals surface area contributed by atoms with Crippen LogP contribution in [0.1, 0.15) is 45.3 Å². The van der Waals surface area contributed by atoms with Crippen molar-refractivity contribution >= 4 is 17.5 Å². The van der Waals surface area contributed by atoms with E-state index in [4.69, 9.17) is 4.74 Å². The zero-order chi connectivity index (χ0) is 20.4. The number of nitrogens with zero attached hydrogens (tertiary/aromatic N) is 2. The Balaban J connectivity index is 1.49. The van der Waals surface area contributed by atoms with Crippen LogP contribution in [0.25, 0.3) is 0 Å². The van der Waals surface area contributed by atoms with Crippen LogP contribution in [-0.4, -0.2) is 40.9 Å². The molecule has 1 saturated heterocycles. The summed E-state index contributed by atoms with van der Waals surface area (Å²) in [5.74, 6) is -0.563. The number of carbonyl (C=O) groups is 2. The Morgan fingerprint density at radius 1 is 1.21 bits per heavy atom. The number of hydrogen-bond donors (Lipinski definition) is 2. The number of hydrazine groups is 1. The molecule has 2 aromatic rings. The van der Waals surface area contributed by atoms with Crippen LogP contribution in [-0.2, 0) is 4.74 Å². The van der Waals surface area contributed by atoms with E-state index in [1.165, 1.54) is 24.3 Å². The molecule has 2 atom stereocenters. The van der Waals surface area contributed by atoms with Crippen LogP contribution in [0.15, 0.2) is 48.5 Å². The third kappa shape index (κ3) is 3.82. The summed E-state index contributed by atoms with van der Waals surface area (Å²) in [5, 5.41) is 10.8. The fraction of sp³-hybridized carbons (Fsp3) is 0.300. The van der Waals surface area contributed by atoms with E-state index in [1.54, 1.807) is 17.0 Å².